The van der Waals surface area contributed by atoms with Crippen molar-refractivity contribution in [3.05, 3.63) is 42.5 Å². The van der Waals surface area contributed by atoms with Gasteiger partial charge < -0.3 is 24.0 Å². The summed E-state index contributed by atoms with van der Waals surface area (Å²) in [6.07, 6.45) is 0. The van der Waals surface area contributed by atoms with E-state index in [-0.39, 0.29) is 12.5 Å². The van der Waals surface area contributed by atoms with Crippen molar-refractivity contribution in [1.29, 1.82) is 0 Å². The molecule has 6 heteroatoms. The normalized spacial score (nSPS) is 15.2. The number of benzene rings is 2. The van der Waals surface area contributed by atoms with Gasteiger partial charge in [-0.1, -0.05) is 18.2 Å². The molecule has 130 valence electrons. The van der Waals surface area contributed by atoms with Crippen LogP contribution >= 0.6 is 0 Å². The summed E-state index contributed by atoms with van der Waals surface area (Å²) in [5.74, 6) is 1.94. The highest BCUT2D eigenvalue weighted by Gasteiger charge is 2.31. The number of methoxy groups -OCH3 is 1. The van der Waals surface area contributed by atoms with Crippen molar-refractivity contribution in [3.63, 3.8) is 0 Å². The van der Waals surface area contributed by atoms with Crippen molar-refractivity contribution in [2.75, 3.05) is 49.8 Å². The molecule has 1 amide bonds. The van der Waals surface area contributed by atoms with Gasteiger partial charge >= 0.3 is 0 Å². The van der Waals surface area contributed by atoms with Gasteiger partial charge in [-0.3, -0.25) is 4.79 Å². The number of carbonyl (C=O) groups excluding carboxylic acids is 1. The summed E-state index contributed by atoms with van der Waals surface area (Å²) in [7, 11) is 1.58. The summed E-state index contributed by atoms with van der Waals surface area (Å²) in [6, 6.07) is 13.1. The largest absolute Gasteiger partial charge is 0.493 e. The molecule has 0 unspecified atom stereocenters. The molecule has 2 aliphatic heterocycles. The van der Waals surface area contributed by atoms with Crippen LogP contribution in [0, 0.1) is 0 Å². The monoisotopic (exact) mass is 340 g/mol. The lowest BCUT2D eigenvalue weighted by atomic mass is 10.1. The Morgan fingerprint density at radius 1 is 1.08 bits per heavy atom. The second-order valence-electron chi connectivity index (χ2n) is 5.94. The lowest BCUT2D eigenvalue weighted by molar-refractivity contribution is -0.120. The number of anilines is 2. The number of nitrogens with zero attached hydrogens (tertiary/aromatic N) is 2. The SMILES string of the molecule is COc1ccccc1OCC(=O)N1CCN2CCOc3cccc1c32. The van der Waals surface area contributed by atoms with E-state index in [1.54, 1.807) is 18.1 Å². The highest BCUT2D eigenvalue weighted by atomic mass is 16.5. The van der Waals surface area contributed by atoms with E-state index in [1.165, 1.54) is 0 Å². The van der Waals surface area contributed by atoms with E-state index < -0.39 is 0 Å². The molecule has 0 aromatic heterocycles. The van der Waals surface area contributed by atoms with Crippen molar-refractivity contribution in [2.45, 2.75) is 0 Å². The van der Waals surface area contributed by atoms with Crippen molar-refractivity contribution < 1.29 is 19.0 Å². The maximum absolute atomic E-state index is 12.8. The molecule has 6 nitrogen and oxygen atoms in total. The second-order valence-corrected chi connectivity index (χ2v) is 5.94. The van der Waals surface area contributed by atoms with Gasteiger partial charge in [0.1, 0.15) is 18.0 Å². The summed E-state index contributed by atoms with van der Waals surface area (Å²) in [5.41, 5.74) is 1.89. The van der Waals surface area contributed by atoms with Gasteiger partial charge in [0.05, 0.1) is 19.3 Å². The third-order valence-corrected chi connectivity index (χ3v) is 4.52. The quantitative estimate of drug-likeness (QED) is 0.855. The van der Waals surface area contributed by atoms with E-state index in [0.717, 1.165) is 30.2 Å². The van der Waals surface area contributed by atoms with Gasteiger partial charge in [0, 0.05) is 13.1 Å². The zero-order valence-corrected chi connectivity index (χ0v) is 14.1. The molecule has 0 aliphatic carbocycles. The van der Waals surface area contributed by atoms with Crippen molar-refractivity contribution in [2.24, 2.45) is 0 Å². The van der Waals surface area contributed by atoms with E-state index in [2.05, 4.69) is 4.90 Å². The number of ether oxygens (including phenoxy) is 3. The first-order valence-electron chi connectivity index (χ1n) is 8.35. The van der Waals surface area contributed by atoms with Gasteiger partial charge in [0.2, 0.25) is 0 Å². The molecule has 2 aromatic rings. The standard InChI is InChI=1S/C19H20N2O4/c1-23-15-6-2-3-7-16(15)25-13-18(22)21-10-9-20-11-12-24-17-8-4-5-14(21)19(17)20/h2-8H,9-13H2,1H3. The van der Waals surface area contributed by atoms with Crippen LogP contribution in [-0.4, -0.2) is 45.9 Å². The fourth-order valence-electron chi connectivity index (χ4n) is 3.32. The molecule has 0 radical (unpaired) electrons. The Morgan fingerprint density at radius 2 is 1.92 bits per heavy atom. The number of rotatable bonds is 4. The molecule has 25 heavy (non-hydrogen) atoms. The first-order valence-corrected chi connectivity index (χ1v) is 8.35. The summed E-state index contributed by atoms with van der Waals surface area (Å²) in [6.45, 7) is 2.94. The predicted molar refractivity (Wildman–Crippen MR) is 95.0 cm³/mol. The molecule has 2 aliphatic rings. The van der Waals surface area contributed by atoms with Crippen molar-refractivity contribution in [1.82, 2.24) is 0 Å². The zero-order valence-electron chi connectivity index (χ0n) is 14.1. The maximum Gasteiger partial charge on any atom is 0.265 e. The van der Waals surface area contributed by atoms with E-state index >= 15 is 0 Å². The molecular weight excluding hydrogens is 320 g/mol. The van der Waals surface area contributed by atoms with Crippen LogP contribution in [0.2, 0.25) is 0 Å². The van der Waals surface area contributed by atoms with Gasteiger partial charge in [-0.05, 0) is 24.3 Å². The van der Waals surface area contributed by atoms with Gasteiger partial charge in [0.25, 0.3) is 5.91 Å². The number of para-hydroxylation sites is 3. The molecule has 0 saturated heterocycles. The Hall–Kier alpha value is -2.89. The van der Waals surface area contributed by atoms with Gasteiger partial charge in [-0.2, -0.15) is 0 Å². The lowest BCUT2D eigenvalue weighted by Crippen LogP contribution is -2.48. The maximum atomic E-state index is 12.8. The molecule has 0 saturated carbocycles. The van der Waals surface area contributed by atoms with Crippen LogP contribution in [-0.2, 0) is 4.79 Å². The smallest absolute Gasteiger partial charge is 0.265 e. The van der Waals surface area contributed by atoms with E-state index in [4.69, 9.17) is 14.2 Å². The minimum absolute atomic E-state index is 0.0368. The van der Waals surface area contributed by atoms with Gasteiger partial charge in [0.15, 0.2) is 18.1 Å². The molecular formula is C19H20N2O4. The van der Waals surface area contributed by atoms with Crippen molar-refractivity contribution >= 4 is 17.3 Å². The molecule has 0 spiro atoms. The van der Waals surface area contributed by atoms with Crippen LogP contribution in [0.15, 0.2) is 42.5 Å². The van der Waals surface area contributed by atoms with Crippen LogP contribution < -0.4 is 24.0 Å². The number of amides is 1. The Morgan fingerprint density at radius 3 is 2.76 bits per heavy atom. The van der Waals surface area contributed by atoms with Gasteiger partial charge in [-0.25, -0.2) is 0 Å². The molecule has 0 atom stereocenters. The Labute approximate surface area is 146 Å². The van der Waals surface area contributed by atoms with Crippen LogP contribution in [0.25, 0.3) is 0 Å². The zero-order chi connectivity index (χ0) is 17.2. The minimum atomic E-state index is -0.0791. The minimum Gasteiger partial charge on any atom is -0.493 e. The molecule has 2 aromatic carbocycles. The van der Waals surface area contributed by atoms with Crippen LogP contribution in [0.1, 0.15) is 0 Å². The molecule has 0 fully saturated rings. The Balaban J connectivity index is 1.53. The summed E-state index contributed by atoms with van der Waals surface area (Å²) in [5, 5.41) is 0. The van der Waals surface area contributed by atoms with Crippen LogP contribution in [0.4, 0.5) is 11.4 Å². The van der Waals surface area contributed by atoms with E-state index in [1.807, 2.05) is 36.4 Å². The third kappa shape index (κ3) is 2.84. The number of hydrogen-bond acceptors (Lipinski definition) is 5. The second kappa shape index (κ2) is 6.55. The fraction of sp³-hybridized carbons (Fsp3) is 0.316. The number of hydrogen-bond donors (Lipinski definition) is 0. The fourth-order valence-corrected chi connectivity index (χ4v) is 3.32. The average Bonchev–Trinajstić information content (AvgIpc) is 2.67. The molecule has 0 bridgehead atoms. The summed E-state index contributed by atoms with van der Waals surface area (Å²) >= 11 is 0. The summed E-state index contributed by atoms with van der Waals surface area (Å²) < 4.78 is 16.7. The van der Waals surface area contributed by atoms with Crippen LogP contribution in [0.3, 0.4) is 0 Å². The highest BCUT2D eigenvalue weighted by Crippen LogP contribution is 2.42. The van der Waals surface area contributed by atoms with E-state index in [9.17, 15) is 4.79 Å². The number of carbonyl (C=O) groups is 1. The first-order chi connectivity index (χ1) is 12.3. The van der Waals surface area contributed by atoms with Crippen LogP contribution in [0.5, 0.6) is 17.2 Å². The lowest BCUT2D eigenvalue weighted by Gasteiger charge is -2.40. The highest BCUT2D eigenvalue weighted by molar-refractivity contribution is 6.00. The Kier molecular flexibility index (Phi) is 4.09. The topological polar surface area (TPSA) is 51.2 Å². The Bertz CT molecular complexity index is 793. The molecule has 2 heterocycles. The van der Waals surface area contributed by atoms with Crippen molar-refractivity contribution in [3.8, 4) is 17.2 Å². The average molecular weight is 340 g/mol. The molecule has 4 rings (SSSR count). The first kappa shape index (κ1) is 15.6. The summed E-state index contributed by atoms with van der Waals surface area (Å²) in [4.78, 5) is 16.8. The van der Waals surface area contributed by atoms with Gasteiger partial charge in [-0.15, -0.1) is 0 Å². The third-order valence-electron chi connectivity index (χ3n) is 4.52. The predicted octanol–water partition coefficient (Wildman–Crippen LogP) is 2.32. The van der Waals surface area contributed by atoms with E-state index in [0.29, 0.717) is 24.7 Å². The molecule has 0 N–H and O–H groups in total.